The normalized spacial score (nSPS) is 15.7. The molecule has 3 aromatic carbocycles. The molecule has 1 aliphatic heterocycles. The Labute approximate surface area is 177 Å². The standard InChI is InChI=1S/C24H20F4N2O/c25-18-5-1-15(2-6-18)20-13-16(4-8-22(20)29)19-7-3-17(14-21(19)26)23(31)30-11-9-24(27,28)10-12-30/h1-8,13-14H,9-12,29H2. The predicted octanol–water partition coefficient (Wildman–Crippen LogP) is 5.75. The molecule has 0 aliphatic carbocycles. The average Bonchev–Trinajstić information content (AvgIpc) is 2.74. The van der Waals surface area contributed by atoms with Crippen LogP contribution in [-0.2, 0) is 0 Å². The zero-order valence-electron chi connectivity index (χ0n) is 16.5. The first kappa shape index (κ1) is 20.9. The fraction of sp³-hybridized carbons (Fsp3) is 0.208. The highest BCUT2D eigenvalue weighted by Crippen LogP contribution is 2.33. The summed E-state index contributed by atoms with van der Waals surface area (Å²) < 4.78 is 54.8. The van der Waals surface area contributed by atoms with Crippen LogP contribution in [0.4, 0.5) is 23.2 Å². The van der Waals surface area contributed by atoms with Gasteiger partial charge in [-0.2, -0.15) is 0 Å². The zero-order chi connectivity index (χ0) is 22.2. The fourth-order valence-corrected chi connectivity index (χ4v) is 3.71. The molecule has 2 N–H and O–H groups in total. The summed E-state index contributed by atoms with van der Waals surface area (Å²) in [5.74, 6) is -4.21. The molecule has 1 aliphatic rings. The number of nitrogens with zero attached hydrogens (tertiary/aromatic N) is 1. The molecule has 7 heteroatoms. The van der Waals surface area contributed by atoms with Crippen molar-refractivity contribution in [1.82, 2.24) is 4.90 Å². The number of benzene rings is 3. The first-order valence-electron chi connectivity index (χ1n) is 9.86. The Morgan fingerprint density at radius 1 is 0.839 bits per heavy atom. The number of alkyl halides is 2. The van der Waals surface area contributed by atoms with E-state index < -0.39 is 30.5 Å². The van der Waals surface area contributed by atoms with Crippen molar-refractivity contribution < 1.29 is 22.4 Å². The van der Waals surface area contributed by atoms with Gasteiger partial charge in [-0.1, -0.05) is 24.3 Å². The minimum Gasteiger partial charge on any atom is -0.398 e. The van der Waals surface area contributed by atoms with E-state index in [1.807, 2.05) is 0 Å². The molecule has 1 fully saturated rings. The van der Waals surface area contributed by atoms with Gasteiger partial charge in [0.2, 0.25) is 0 Å². The maximum absolute atomic E-state index is 14.9. The number of likely N-dealkylation sites (tertiary alicyclic amines) is 1. The summed E-state index contributed by atoms with van der Waals surface area (Å²) in [6.07, 6.45) is -0.784. The topological polar surface area (TPSA) is 46.3 Å². The van der Waals surface area contributed by atoms with E-state index in [1.54, 1.807) is 30.3 Å². The van der Waals surface area contributed by atoms with Crippen molar-refractivity contribution >= 4 is 11.6 Å². The van der Waals surface area contributed by atoms with Gasteiger partial charge in [-0.25, -0.2) is 17.6 Å². The number of nitrogen functional groups attached to an aromatic ring is 1. The minimum atomic E-state index is -2.76. The Hall–Kier alpha value is -3.35. The molecule has 4 rings (SSSR count). The number of hydrogen-bond donors (Lipinski definition) is 1. The van der Waals surface area contributed by atoms with Gasteiger partial charge in [0.15, 0.2) is 0 Å². The van der Waals surface area contributed by atoms with Crippen molar-refractivity contribution in [1.29, 1.82) is 0 Å². The van der Waals surface area contributed by atoms with Gasteiger partial charge in [-0.15, -0.1) is 0 Å². The van der Waals surface area contributed by atoms with Crippen molar-refractivity contribution in [2.75, 3.05) is 18.8 Å². The van der Waals surface area contributed by atoms with Crippen LogP contribution in [0, 0.1) is 11.6 Å². The number of anilines is 1. The Balaban J connectivity index is 1.61. The second-order valence-electron chi connectivity index (χ2n) is 7.65. The lowest BCUT2D eigenvalue weighted by Gasteiger charge is -2.31. The van der Waals surface area contributed by atoms with Gasteiger partial charge in [-0.05, 0) is 47.5 Å². The van der Waals surface area contributed by atoms with E-state index >= 15 is 0 Å². The third-order valence-electron chi connectivity index (χ3n) is 5.52. The summed E-state index contributed by atoms with van der Waals surface area (Å²) in [7, 11) is 0. The Bertz CT molecular complexity index is 1120. The van der Waals surface area contributed by atoms with Crippen LogP contribution in [0.15, 0.2) is 60.7 Å². The predicted molar refractivity (Wildman–Crippen MR) is 112 cm³/mol. The summed E-state index contributed by atoms with van der Waals surface area (Å²) in [6, 6.07) is 14.9. The highest BCUT2D eigenvalue weighted by molar-refractivity contribution is 5.95. The molecule has 1 heterocycles. The third kappa shape index (κ3) is 4.40. The molecule has 0 radical (unpaired) electrons. The number of piperidine rings is 1. The van der Waals surface area contributed by atoms with Crippen molar-refractivity contribution in [2.24, 2.45) is 0 Å². The number of rotatable bonds is 3. The molecule has 31 heavy (non-hydrogen) atoms. The fourth-order valence-electron chi connectivity index (χ4n) is 3.71. The van der Waals surface area contributed by atoms with Crippen LogP contribution >= 0.6 is 0 Å². The highest BCUT2D eigenvalue weighted by atomic mass is 19.3. The van der Waals surface area contributed by atoms with Crippen LogP contribution < -0.4 is 5.73 Å². The van der Waals surface area contributed by atoms with Crippen molar-refractivity contribution in [3.05, 3.63) is 77.9 Å². The number of nitrogens with two attached hydrogens (primary N) is 1. The molecule has 3 aromatic rings. The Kier molecular flexibility index (Phi) is 5.43. The summed E-state index contributed by atoms with van der Waals surface area (Å²) >= 11 is 0. The van der Waals surface area contributed by atoms with E-state index in [0.29, 0.717) is 22.4 Å². The number of hydrogen-bond acceptors (Lipinski definition) is 2. The lowest BCUT2D eigenvalue weighted by Crippen LogP contribution is -2.42. The number of carbonyl (C=O) groups is 1. The van der Waals surface area contributed by atoms with Gasteiger partial charge < -0.3 is 10.6 Å². The first-order valence-corrected chi connectivity index (χ1v) is 9.86. The first-order chi connectivity index (χ1) is 14.7. The van der Waals surface area contributed by atoms with Gasteiger partial charge in [0.25, 0.3) is 11.8 Å². The smallest absolute Gasteiger partial charge is 0.253 e. The summed E-state index contributed by atoms with van der Waals surface area (Å²) in [5.41, 5.74) is 8.76. The Morgan fingerprint density at radius 3 is 2.13 bits per heavy atom. The van der Waals surface area contributed by atoms with Crippen LogP contribution in [0.5, 0.6) is 0 Å². The molecule has 1 amide bonds. The molecular weight excluding hydrogens is 408 g/mol. The maximum Gasteiger partial charge on any atom is 0.253 e. The lowest BCUT2D eigenvalue weighted by molar-refractivity contribution is -0.0494. The summed E-state index contributed by atoms with van der Waals surface area (Å²) in [5, 5.41) is 0. The van der Waals surface area contributed by atoms with E-state index in [4.69, 9.17) is 5.73 Å². The van der Waals surface area contributed by atoms with Gasteiger partial charge in [0.1, 0.15) is 11.6 Å². The highest BCUT2D eigenvalue weighted by Gasteiger charge is 2.35. The average molecular weight is 428 g/mol. The number of amides is 1. The molecule has 0 unspecified atom stereocenters. The lowest BCUT2D eigenvalue weighted by atomic mass is 9.96. The number of halogens is 4. The van der Waals surface area contributed by atoms with Gasteiger partial charge in [-0.3, -0.25) is 4.79 Å². The molecule has 0 saturated carbocycles. The van der Waals surface area contributed by atoms with Gasteiger partial charge in [0, 0.05) is 48.3 Å². The second kappa shape index (κ2) is 8.06. The summed E-state index contributed by atoms with van der Waals surface area (Å²) in [4.78, 5) is 13.9. The van der Waals surface area contributed by atoms with E-state index in [-0.39, 0.29) is 30.0 Å². The quantitative estimate of drug-likeness (QED) is 0.426. The van der Waals surface area contributed by atoms with Gasteiger partial charge >= 0.3 is 0 Å². The van der Waals surface area contributed by atoms with Crippen LogP contribution in [0.25, 0.3) is 22.3 Å². The van der Waals surface area contributed by atoms with E-state index in [1.165, 1.54) is 29.2 Å². The van der Waals surface area contributed by atoms with Crippen LogP contribution in [0.1, 0.15) is 23.2 Å². The monoisotopic (exact) mass is 428 g/mol. The van der Waals surface area contributed by atoms with E-state index in [9.17, 15) is 22.4 Å². The molecule has 1 saturated heterocycles. The molecule has 0 aromatic heterocycles. The molecule has 3 nitrogen and oxygen atoms in total. The van der Waals surface area contributed by atoms with Crippen LogP contribution in [0.3, 0.4) is 0 Å². The van der Waals surface area contributed by atoms with Crippen LogP contribution in [-0.4, -0.2) is 29.8 Å². The van der Waals surface area contributed by atoms with Crippen molar-refractivity contribution in [3.8, 4) is 22.3 Å². The Morgan fingerprint density at radius 2 is 1.48 bits per heavy atom. The molecule has 0 bridgehead atoms. The van der Waals surface area contributed by atoms with Crippen molar-refractivity contribution in [3.63, 3.8) is 0 Å². The van der Waals surface area contributed by atoms with Gasteiger partial charge in [0.05, 0.1) is 0 Å². The van der Waals surface area contributed by atoms with Crippen molar-refractivity contribution in [2.45, 2.75) is 18.8 Å². The summed E-state index contributed by atoms with van der Waals surface area (Å²) in [6.45, 7) is -0.123. The van der Waals surface area contributed by atoms with E-state index in [2.05, 4.69) is 0 Å². The molecule has 0 atom stereocenters. The van der Waals surface area contributed by atoms with Crippen LogP contribution in [0.2, 0.25) is 0 Å². The molecule has 160 valence electrons. The largest absolute Gasteiger partial charge is 0.398 e. The second-order valence-corrected chi connectivity index (χ2v) is 7.65. The van der Waals surface area contributed by atoms with E-state index in [0.717, 1.165) is 6.07 Å². The molecular formula is C24H20F4N2O. The zero-order valence-corrected chi connectivity index (χ0v) is 16.5. The minimum absolute atomic E-state index is 0.0613. The maximum atomic E-state index is 14.9. The third-order valence-corrected chi connectivity index (χ3v) is 5.52. The molecule has 0 spiro atoms. The number of carbonyl (C=O) groups excluding carboxylic acids is 1. The SMILES string of the molecule is Nc1ccc(-c2ccc(C(=O)N3CCC(F)(F)CC3)cc2F)cc1-c1ccc(F)cc1.